The Morgan fingerprint density at radius 3 is 1.36 bits per heavy atom. The summed E-state index contributed by atoms with van der Waals surface area (Å²) in [5, 5.41) is 0. The maximum absolute atomic E-state index is 11.3. The number of carbonyl (C=O) groups is 4. The number of ketones is 4. The van der Waals surface area contributed by atoms with Crippen molar-refractivity contribution in [3.63, 3.8) is 0 Å². The molecule has 0 saturated heterocycles. The summed E-state index contributed by atoms with van der Waals surface area (Å²) in [4.78, 5) is 45.0. The van der Waals surface area contributed by atoms with E-state index < -0.39 is 35.0 Å². The molecule has 0 spiro atoms. The summed E-state index contributed by atoms with van der Waals surface area (Å²) in [5.74, 6) is -3.43. The average molecular weight is 196 g/mol. The minimum atomic E-state index is -0.647. The van der Waals surface area contributed by atoms with Crippen LogP contribution in [0.3, 0.4) is 0 Å². The molecule has 0 amide bonds. The Hall–Kier alpha value is -1.32. The van der Waals surface area contributed by atoms with Crippen molar-refractivity contribution in [3.05, 3.63) is 0 Å². The number of hydrogen-bond donors (Lipinski definition) is 0. The van der Waals surface area contributed by atoms with Gasteiger partial charge in [0.2, 0.25) is 11.6 Å². The first-order valence-corrected chi connectivity index (χ1v) is 4.57. The zero-order valence-corrected chi connectivity index (χ0v) is 8.20. The van der Waals surface area contributed by atoms with E-state index in [1.165, 1.54) is 13.8 Å². The molecule has 1 aliphatic carbocycles. The molecule has 4 nitrogen and oxygen atoms in total. The average Bonchev–Trinajstić information content (AvgIpc) is 2.13. The molecular weight excluding hydrogens is 184 g/mol. The summed E-state index contributed by atoms with van der Waals surface area (Å²) in [6.07, 6.45) is -0.262. The summed E-state index contributed by atoms with van der Waals surface area (Å²) < 4.78 is 0. The van der Waals surface area contributed by atoms with E-state index in [1.807, 2.05) is 0 Å². The van der Waals surface area contributed by atoms with Crippen LogP contribution < -0.4 is 0 Å². The lowest BCUT2D eigenvalue weighted by atomic mass is 9.84. The Balaban J connectivity index is 2.93. The van der Waals surface area contributed by atoms with Gasteiger partial charge in [-0.3, -0.25) is 19.2 Å². The topological polar surface area (TPSA) is 68.3 Å². The summed E-state index contributed by atoms with van der Waals surface area (Å²) >= 11 is 0. The zero-order valence-electron chi connectivity index (χ0n) is 8.20. The molecule has 0 aliphatic heterocycles. The monoisotopic (exact) mass is 196 g/mol. The van der Waals surface area contributed by atoms with Gasteiger partial charge in [0, 0.05) is 24.7 Å². The molecule has 1 fully saturated rings. The van der Waals surface area contributed by atoms with E-state index in [9.17, 15) is 19.2 Å². The maximum atomic E-state index is 11.3. The third-order valence-electron chi connectivity index (χ3n) is 2.43. The van der Waals surface area contributed by atoms with Crippen LogP contribution in [0.5, 0.6) is 0 Å². The minimum Gasteiger partial charge on any atom is -0.291 e. The molecule has 76 valence electrons. The van der Waals surface area contributed by atoms with Crippen molar-refractivity contribution in [2.45, 2.75) is 26.7 Å². The molecule has 0 aromatic carbocycles. The van der Waals surface area contributed by atoms with E-state index in [2.05, 4.69) is 0 Å². The summed E-state index contributed by atoms with van der Waals surface area (Å²) in [6.45, 7) is 3.00. The molecule has 2 atom stereocenters. The summed E-state index contributed by atoms with van der Waals surface area (Å²) in [7, 11) is 0. The van der Waals surface area contributed by atoms with Gasteiger partial charge in [-0.15, -0.1) is 0 Å². The van der Waals surface area contributed by atoms with Crippen LogP contribution in [-0.2, 0) is 19.2 Å². The predicted octanol–water partition coefficient (Wildman–Crippen LogP) is 0.329. The lowest BCUT2D eigenvalue weighted by molar-refractivity contribution is -0.146. The van der Waals surface area contributed by atoms with Crippen LogP contribution in [0.15, 0.2) is 0 Å². The maximum Gasteiger partial charge on any atom is 0.201 e. The zero-order chi connectivity index (χ0) is 10.9. The highest BCUT2D eigenvalue weighted by Gasteiger charge is 2.33. The molecular formula is C10H12O4. The van der Waals surface area contributed by atoms with Crippen LogP contribution in [0.2, 0.25) is 0 Å². The molecule has 0 heterocycles. The second-order valence-corrected chi connectivity index (χ2v) is 3.79. The second kappa shape index (κ2) is 3.82. The van der Waals surface area contributed by atoms with Crippen molar-refractivity contribution in [2.24, 2.45) is 11.8 Å². The fourth-order valence-electron chi connectivity index (χ4n) is 1.49. The van der Waals surface area contributed by atoms with Gasteiger partial charge in [0.15, 0.2) is 11.6 Å². The van der Waals surface area contributed by atoms with Gasteiger partial charge < -0.3 is 0 Å². The van der Waals surface area contributed by atoms with Gasteiger partial charge in [-0.2, -0.15) is 0 Å². The Labute approximate surface area is 81.7 Å². The van der Waals surface area contributed by atoms with Gasteiger partial charge in [0.25, 0.3) is 0 Å². The van der Waals surface area contributed by atoms with Gasteiger partial charge in [-0.05, 0) is 0 Å². The largest absolute Gasteiger partial charge is 0.291 e. The van der Waals surface area contributed by atoms with E-state index >= 15 is 0 Å². The van der Waals surface area contributed by atoms with Crippen molar-refractivity contribution >= 4 is 23.1 Å². The molecule has 0 bridgehead atoms. The van der Waals surface area contributed by atoms with Crippen LogP contribution in [0.25, 0.3) is 0 Å². The third kappa shape index (κ3) is 1.95. The fourth-order valence-corrected chi connectivity index (χ4v) is 1.49. The Kier molecular flexibility index (Phi) is 2.93. The molecule has 0 aromatic rings. The van der Waals surface area contributed by atoms with Gasteiger partial charge in [0.1, 0.15) is 0 Å². The highest BCUT2D eigenvalue weighted by atomic mass is 16.2. The second-order valence-electron chi connectivity index (χ2n) is 3.79. The van der Waals surface area contributed by atoms with Crippen molar-refractivity contribution in [1.29, 1.82) is 0 Å². The molecule has 14 heavy (non-hydrogen) atoms. The number of Topliss-reactive ketones (excluding diaryl/α,β-unsaturated/α-hetero) is 4. The standard InChI is InChI=1S/C10H12O4/c1-5-3-7(11)10(14)6(2)4-8(12)9(5)13/h5-6H,3-4H2,1-2H3. The molecule has 1 aliphatic rings. The molecule has 1 rings (SSSR count). The van der Waals surface area contributed by atoms with Crippen molar-refractivity contribution in [3.8, 4) is 0 Å². The van der Waals surface area contributed by atoms with Gasteiger partial charge in [0.05, 0.1) is 0 Å². The lowest BCUT2D eigenvalue weighted by Crippen LogP contribution is -2.34. The van der Waals surface area contributed by atoms with Gasteiger partial charge in [-0.1, -0.05) is 13.8 Å². The van der Waals surface area contributed by atoms with Crippen LogP contribution >= 0.6 is 0 Å². The van der Waals surface area contributed by atoms with Crippen molar-refractivity contribution < 1.29 is 19.2 Å². The molecule has 0 aromatic heterocycles. The van der Waals surface area contributed by atoms with Gasteiger partial charge in [-0.25, -0.2) is 0 Å². The Morgan fingerprint density at radius 1 is 0.786 bits per heavy atom. The molecule has 0 radical (unpaired) electrons. The van der Waals surface area contributed by atoms with E-state index in [-0.39, 0.29) is 12.8 Å². The first-order valence-electron chi connectivity index (χ1n) is 4.57. The molecule has 1 saturated carbocycles. The Bertz CT molecular complexity index is 284. The van der Waals surface area contributed by atoms with Crippen LogP contribution in [0, 0.1) is 11.8 Å². The van der Waals surface area contributed by atoms with E-state index in [1.54, 1.807) is 0 Å². The number of carbonyl (C=O) groups excluding carboxylic acids is 4. The van der Waals surface area contributed by atoms with Crippen LogP contribution in [-0.4, -0.2) is 23.1 Å². The smallest absolute Gasteiger partial charge is 0.201 e. The molecule has 2 unspecified atom stereocenters. The first kappa shape index (κ1) is 10.8. The molecule has 4 heteroatoms. The number of rotatable bonds is 0. The number of hydrogen-bond acceptors (Lipinski definition) is 4. The third-order valence-corrected chi connectivity index (χ3v) is 2.43. The normalized spacial score (nSPS) is 30.1. The highest BCUT2D eigenvalue weighted by molar-refractivity contribution is 6.44. The quantitative estimate of drug-likeness (QED) is 0.523. The summed E-state index contributed by atoms with van der Waals surface area (Å²) in [5.41, 5.74) is 0. The fraction of sp³-hybridized carbons (Fsp3) is 0.600. The van der Waals surface area contributed by atoms with Crippen molar-refractivity contribution in [2.75, 3.05) is 0 Å². The van der Waals surface area contributed by atoms with Crippen LogP contribution in [0.4, 0.5) is 0 Å². The predicted molar refractivity (Wildman–Crippen MR) is 47.6 cm³/mol. The van der Waals surface area contributed by atoms with E-state index in [0.29, 0.717) is 0 Å². The SMILES string of the molecule is CC1CC(=O)C(=O)C(C)CC(=O)C1=O. The Morgan fingerprint density at radius 2 is 1.07 bits per heavy atom. The van der Waals surface area contributed by atoms with E-state index in [4.69, 9.17) is 0 Å². The highest BCUT2D eigenvalue weighted by Crippen LogP contribution is 2.16. The lowest BCUT2D eigenvalue weighted by Gasteiger charge is -2.15. The van der Waals surface area contributed by atoms with E-state index in [0.717, 1.165) is 0 Å². The van der Waals surface area contributed by atoms with Crippen LogP contribution in [0.1, 0.15) is 26.7 Å². The molecule has 0 N–H and O–H groups in total. The van der Waals surface area contributed by atoms with Crippen molar-refractivity contribution in [1.82, 2.24) is 0 Å². The minimum absolute atomic E-state index is 0.131. The first-order chi connectivity index (χ1) is 6.43. The van der Waals surface area contributed by atoms with Gasteiger partial charge >= 0.3 is 0 Å². The summed E-state index contributed by atoms with van der Waals surface area (Å²) in [6, 6.07) is 0.